The molecule has 0 fully saturated rings. The molecule has 0 aromatic heterocycles. The molecule has 0 radical (unpaired) electrons. The Morgan fingerprint density at radius 2 is 1.76 bits per heavy atom. The number of carbonyl (C=O) groups is 2. The van der Waals surface area contributed by atoms with Crippen LogP contribution in [0.2, 0.25) is 0 Å². The van der Waals surface area contributed by atoms with E-state index in [0.717, 1.165) is 52.9 Å². The van der Waals surface area contributed by atoms with Gasteiger partial charge in [0.1, 0.15) is 6.29 Å². The standard InChI is InChI=1S/C13H18N2OS.C11H18O/c1-10(17-9-14)13(15-2)12-5-3-11(4-6-12)7-8-16;1-4-6-7-9-11(8-5-2)10(3)12/h3-6,8,15H,7,9,14H2,1-2H3;6-8H,4-5,9H2,1-3H3/b13-10-;7-6-,11-8+. The number of thioether (sulfide) groups is 1. The van der Waals surface area contributed by atoms with Crippen LogP contribution in [-0.4, -0.2) is 25.0 Å². The summed E-state index contributed by atoms with van der Waals surface area (Å²) in [5, 5.41) is 3.19. The molecule has 29 heavy (non-hydrogen) atoms. The molecule has 1 aromatic carbocycles. The summed E-state index contributed by atoms with van der Waals surface area (Å²) in [6.45, 7) is 7.81. The predicted molar refractivity (Wildman–Crippen MR) is 128 cm³/mol. The third-order valence-corrected chi connectivity index (χ3v) is 4.91. The van der Waals surface area contributed by atoms with E-state index in [1.165, 1.54) is 0 Å². The zero-order valence-corrected chi connectivity index (χ0v) is 19.3. The highest BCUT2D eigenvalue weighted by Gasteiger charge is 2.04. The van der Waals surface area contributed by atoms with E-state index in [1.807, 2.05) is 51.2 Å². The second kappa shape index (κ2) is 16.8. The lowest BCUT2D eigenvalue weighted by molar-refractivity contribution is -0.113. The molecule has 1 aromatic rings. The maximum absolute atomic E-state index is 11.0. The van der Waals surface area contributed by atoms with Crippen molar-refractivity contribution < 1.29 is 9.59 Å². The number of ketones is 1. The lowest BCUT2D eigenvalue weighted by Gasteiger charge is -2.11. The van der Waals surface area contributed by atoms with Crippen molar-refractivity contribution in [1.29, 1.82) is 0 Å². The first kappa shape index (κ1) is 26.9. The molecule has 0 saturated heterocycles. The van der Waals surface area contributed by atoms with Gasteiger partial charge in [0.05, 0.1) is 5.70 Å². The monoisotopic (exact) mass is 416 g/mol. The third-order valence-electron chi connectivity index (χ3n) is 4.11. The van der Waals surface area contributed by atoms with Gasteiger partial charge in [-0.1, -0.05) is 56.3 Å². The Kier molecular flexibility index (Phi) is 15.6. The normalized spacial score (nSPS) is 12.1. The van der Waals surface area contributed by atoms with Crippen LogP contribution in [0.4, 0.5) is 0 Å². The molecule has 5 heteroatoms. The number of rotatable bonds is 11. The van der Waals surface area contributed by atoms with Crippen LogP contribution in [-0.2, 0) is 16.0 Å². The average Bonchev–Trinajstić information content (AvgIpc) is 2.70. The van der Waals surface area contributed by atoms with E-state index in [1.54, 1.807) is 18.7 Å². The lowest BCUT2D eigenvalue weighted by Crippen LogP contribution is -2.07. The molecule has 0 aliphatic heterocycles. The van der Waals surface area contributed by atoms with Gasteiger partial charge in [0, 0.05) is 24.3 Å². The number of nitrogens with one attached hydrogen (secondary N) is 1. The van der Waals surface area contributed by atoms with Crippen LogP contribution < -0.4 is 11.1 Å². The average molecular weight is 417 g/mol. The maximum atomic E-state index is 11.0. The van der Waals surface area contributed by atoms with Crippen molar-refractivity contribution in [3.05, 3.63) is 64.1 Å². The highest BCUT2D eigenvalue weighted by atomic mass is 32.2. The molecule has 160 valence electrons. The number of nitrogens with two attached hydrogens (primary N) is 1. The molecule has 0 amide bonds. The van der Waals surface area contributed by atoms with E-state index in [0.29, 0.717) is 12.3 Å². The summed E-state index contributed by atoms with van der Waals surface area (Å²) in [5.74, 6) is 0.762. The fourth-order valence-corrected chi connectivity index (χ4v) is 3.23. The summed E-state index contributed by atoms with van der Waals surface area (Å²) in [4.78, 5) is 22.6. The van der Waals surface area contributed by atoms with E-state index < -0.39 is 0 Å². The van der Waals surface area contributed by atoms with Crippen molar-refractivity contribution in [3.8, 4) is 0 Å². The lowest BCUT2D eigenvalue weighted by atomic mass is 10.1. The topological polar surface area (TPSA) is 72.2 Å². The first-order valence-electron chi connectivity index (χ1n) is 10.0. The van der Waals surface area contributed by atoms with Crippen LogP contribution in [0.5, 0.6) is 0 Å². The second-order valence-electron chi connectivity index (χ2n) is 6.34. The molecule has 0 aliphatic carbocycles. The predicted octanol–water partition coefficient (Wildman–Crippen LogP) is 5.25. The summed E-state index contributed by atoms with van der Waals surface area (Å²) in [5.41, 5.74) is 9.68. The van der Waals surface area contributed by atoms with Crippen LogP contribution in [0.25, 0.3) is 5.70 Å². The van der Waals surface area contributed by atoms with E-state index >= 15 is 0 Å². The molecule has 1 rings (SSSR count). The van der Waals surface area contributed by atoms with Crippen molar-refractivity contribution in [2.45, 2.75) is 53.4 Å². The van der Waals surface area contributed by atoms with Gasteiger partial charge >= 0.3 is 0 Å². The summed E-state index contributed by atoms with van der Waals surface area (Å²) >= 11 is 1.61. The van der Waals surface area contributed by atoms with Gasteiger partial charge in [0.25, 0.3) is 0 Å². The number of aldehydes is 1. The van der Waals surface area contributed by atoms with Crippen LogP contribution >= 0.6 is 11.8 Å². The Labute approximate surface area is 180 Å². The third kappa shape index (κ3) is 11.5. The summed E-state index contributed by atoms with van der Waals surface area (Å²) < 4.78 is 0. The van der Waals surface area contributed by atoms with Gasteiger partial charge in [-0.2, -0.15) is 0 Å². The number of carbonyl (C=O) groups excluding carboxylic acids is 2. The van der Waals surface area contributed by atoms with Gasteiger partial charge in [0.15, 0.2) is 5.78 Å². The number of benzene rings is 1. The van der Waals surface area contributed by atoms with Gasteiger partial charge in [-0.15, -0.1) is 11.8 Å². The molecular weight excluding hydrogens is 380 g/mol. The number of Topliss-reactive ketones (excluding diaryl/α,β-unsaturated/α-hetero) is 1. The Hall–Kier alpha value is -2.11. The molecule has 0 spiro atoms. The number of hydrogen-bond donors (Lipinski definition) is 2. The van der Waals surface area contributed by atoms with Gasteiger partial charge in [-0.05, 0) is 49.8 Å². The van der Waals surface area contributed by atoms with E-state index in [-0.39, 0.29) is 5.78 Å². The summed E-state index contributed by atoms with van der Waals surface area (Å²) in [7, 11) is 1.90. The van der Waals surface area contributed by atoms with Crippen molar-refractivity contribution in [1.82, 2.24) is 5.32 Å². The first-order chi connectivity index (χ1) is 13.9. The summed E-state index contributed by atoms with van der Waals surface area (Å²) in [6, 6.07) is 7.99. The minimum atomic E-state index is 0.192. The largest absolute Gasteiger partial charge is 0.387 e. The molecule has 0 atom stereocenters. The number of hydrogen-bond acceptors (Lipinski definition) is 5. The van der Waals surface area contributed by atoms with Gasteiger partial charge in [-0.25, -0.2) is 0 Å². The Morgan fingerprint density at radius 1 is 1.10 bits per heavy atom. The minimum absolute atomic E-state index is 0.192. The highest BCUT2D eigenvalue weighted by Crippen LogP contribution is 2.23. The number of allylic oxidation sites excluding steroid dienone is 5. The van der Waals surface area contributed by atoms with E-state index in [4.69, 9.17) is 5.73 Å². The molecule has 4 nitrogen and oxygen atoms in total. The van der Waals surface area contributed by atoms with E-state index in [2.05, 4.69) is 24.4 Å². The molecule has 3 N–H and O–H groups in total. The van der Waals surface area contributed by atoms with Gasteiger partial charge in [0.2, 0.25) is 0 Å². The molecule has 0 bridgehead atoms. The zero-order chi connectivity index (χ0) is 22.1. The van der Waals surface area contributed by atoms with Gasteiger partial charge < -0.3 is 15.8 Å². The van der Waals surface area contributed by atoms with Crippen molar-refractivity contribution >= 4 is 29.5 Å². The molecule has 0 aliphatic rings. The summed E-state index contributed by atoms with van der Waals surface area (Å²) in [6.07, 6.45) is 10.3. The first-order valence-corrected chi connectivity index (χ1v) is 11.0. The second-order valence-corrected chi connectivity index (χ2v) is 7.57. The molecule has 0 saturated carbocycles. The molecule has 0 heterocycles. The molecular formula is C24H36N2O2S. The fraction of sp³-hybridized carbons (Fsp3) is 0.417. The smallest absolute Gasteiger partial charge is 0.155 e. The van der Waals surface area contributed by atoms with Crippen molar-refractivity contribution in [2.75, 3.05) is 12.9 Å². The van der Waals surface area contributed by atoms with Crippen molar-refractivity contribution in [2.24, 2.45) is 5.73 Å². The van der Waals surface area contributed by atoms with Crippen LogP contribution in [0, 0.1) is 0 Å². The van der Waals surface area contributed by atoms with Crippen molar-refractivity contribution in [3.63, 3.8) is 0 Å². The highest BCUT2D eigenvalue weighted by molar-refractivity contribution is 8.03. The zero-order valence-electron chi connectivity index (χ0n) is 18.5. The van der Waals surface area contributed by atoms with Crippen LogP contribution in [0.15, 0.2) is 53.0 Å². The Balaban J connectivity index is 0.000000578. The SMILES string of the molecule is CC/C=C\C/C(=C\CC)C(C)=O.CN/C(=C(/C)SCN)c1ccc(CC=O)cc1. The maximum Gasteiger partial charge on any atom is 0.155 e. The molecule has 0 unspecified atom stereocenters. The Morgan fingerprint density at radius 3 is 2.21 bits per heavy atom. The minimum Gasteiger partial charge on any atom is -0.387 e. The Bertz CT molecular complexity index is 704. The van der Waals surface area contributed by atoms with Crippen LogP contribution in [0.3, 0.4) is 0 Å². The fourth-order valence-electron chi connectivity index (χ4n) is 2.62. The van der Waals surface area contributed by atoms with Gasteiger partial charge in [-0.3, -0.25) is 4.79 Å². The van der Waals surface area contributed by atoms with E-state index in [9.17, 15) is 9.59 Å². The van der Waals surface area contributed by atoms with Crippen LogP contribution in [0.1, 0.15) is 58.1 Å². The quantitative estimate of drug-likeness (QED) is 0.223.